The minimum Gasteiger partial charge on any atom is -0.351 e. The van der Waals surface area contributed by atoms with E-state index >= 15 is 0 Å². The van der Waals surface area contributed by atoms with Crippen LogP contribution in [0, 0.1) is 0 Å². The van der Waals surface area contributed by atoms with Gasteiger partial charge < -0.3 is 11.1 Å². The van der Waals surface area contributed by atoms with E-state index in [1.165, 1.54) is 6.08 Å². The Bertz CT molecular complexity index is 143. The highest BCUT2D eigenvalue weighted by molar-refractivity contribution is 6.55. The fourth-order valence-corrected chi connectivity index (χ4v) is 0.468. The van der Waals surface area contributed by atoms with E-state index in [1.807, 2.05) is 0 Å². The Morgan fingerprint density at radius 1 is 1.60 bits per heavy atom. The zero-order chi connectivity index (χ0) is 7.98. The van der Waals surface area contributed by atoms with E-state index in [4.69, 9.17) is 28.9 Å². The van der Waals surface area contributed by atoms with Gasteiger partial charge in [-0.15, -0.1) is 0 Å². The number of rotatable bonds is 3. The van der Waals surface area contributed by atoms with Crippen molar-refractivity contribution in [3.63, 3.8) is 0 Å². The van der Waals surface area contributed by atoms with Crippen LogP contribution in [0.3, 0.4) is 0 Å². The summed E-state index contributed by atoms with van der Waals surface area (Å²) >= 11 is 10.5. The number of amides is 1. The second-order valence-electron chi connectivity index (χ2n) is 1.50. The van der Waals surface area contributed by atoms with E-state index in [2.05, 4.69) is 5.32 Å². The normalized spacial score (nSPS) is 8.70. The van der Waals surface area contributed by atoms with Crippen LogP contribution < -0.4 is 11.1 Å². The van der Waals surface area contributed by atoms with Gasteiger partial charge in [0.25, 0.3) is 0 Å². The van der Waals surface area contributed by atoms with Crippen LogP contribution in [0.25, 0.3) is 0 Å². The fraction of sp³-hybridized carbons (Fsp3) is 0.400. The number of hydrogen-bond acceptors (Lipinski definition) is 2. The summed E-state index contributed by atoms with van der Waals surface area (Å²) in [6.45, 7) is 0.298. The maximum atomic E-state index is 10.4. The molecule has 0 radical (unpaired) electrons. The third-order valence-electron chi connectivity index (χ3n) is 0.741. The van der Waals surface area contributed by atoms with Crippen molar-refractivity contribution in [2.24, 2.45) is 5.73 Å². The zero-order valence-electron chi connectivity index (χ0n) is 5.23. The van der Waals surface area contributed by atoms with Gasteiger partial charge in [-0.1, -0.05) is 23.2 Å². The van der Waals surface area contributed by atoms with Gasteiger partial charge in [-0.3, -0.25) is 4.79 Å². The second-order valence-corrected chi connectivity index (χ2v) is 2.51. The van der Waals surface area contributed by atoms with Crippen molar-refractivity contribution < 1.29 is 4.79 Å². The van der Waals surface area contributed by atoms with Gasteiger partial charge in [0.05, 0.1) is 6.54 Å². The molecule has 0 saturated carbocycles. The average Bonchev–Trinajstić information content (AvgIpc) is 1.87. The molecule has 0 bridgehead atoms. The van der Waals surface area contributed by atoms with Crippen molar-refractivity contribution in [3.8, 4) is 0 Å². The molecule has 3 nitrogen and oxygen atoms in total. The minimum atomic E-state index is -0.231. The molecule has 0 aliphatic carbocycles. The summed E-state index contributed by atoms with van der Waals surface area (Å²) in [4.78, 5) is 10.4. The first-order valence-corrected chi connectivity index (χ1v) is 3.40. The van der Waals surface area contributed by atoms with Crippen LogP contribution >= 0.6 is 23.2 Å². The molecule has 5 heteroatoms. The first-order valence-electron chi connectivity index (χ1n) is 2.64. The molecule has 0 rings (SSSR count). The molecule has 0 aromatic rings. The molecule has 0 aliphatic rings. The topological polar surface area (TPSA) is 55.1 Å². The summed E-state index contributed by atoms with van der Waals surface area (Å²) in [7, 11) is 0. The van der Waals surface area contributed by atoms with Gasteiger partial charge in [0, 0.05) is 6.54 Å². The largest absolute Gasteiger partial charge is 0.351 e. The molecule has 0 unspecified atom stereocenters. The zero-order valence-corrected chi connectivity index (χ0v) is 6.74. The maximum Gasteiger partial charge on any atom is 0.233 e. The molecule has 0 spiro atoms. The predicted octanol–water partition coefficient (Wildman–Crippen LogP) is 0.380. The van der Waals surface area contributed by atoms with Gasteiger partial charge >= 0.3 is 0 Å². The Balaban J connectivity index is 3.37. The van der Waals surface area contributed by atoms with E-state index in [1.54, 1.807) is 0 Å². The number of halogens is 2. The highest BCUT2D eigenvalue weighted by Crippen LogP contribution is 2.03. The van der Waals surface area contributed by atoms with Gasteiger partial charge in [0.1, 0.15) is 4.49 Å². The number of nitrogens with two attached hydrogens (primary N) is 1. The monoisotopic (exact) mass is 182 g/mol. The van der Waals surface area contributed by atoms with Crippen molar-refractivity contribution in [1.29, 1.82) is 0 Å². The van der Waals surface area contributed by atoms with Crippen LogP contribution in [0.2, 0.25) is 0 Å². The molecule has 0 heterocycles. The predicted molar refractivity (Wildman–Crippen MR) is 41.9 cm³/mol. The first-order chi connectivity index (χ1) is 4.66. The number of carbonyl (C=O) groups is 1. The summed E-state index contributed by atoms with van der Waals surface area (Å²) in [5, 5.41) is 2.45. The lowest BCUT2D eigenvalue weighted by Gasteiger charge is -1.96. The lowest BCUT2D eigenvalue weighted by Crippen LogP contribution is -2.30. The van der Waals surface area contributed by atoms with Crippen LogP contribution in [0.1, 0.15) is 0 Å². The molecule has 0 saturated heterocycles. The van der Waals surface area contributed by atoms with Crippen molar-refractivity contribution in [2.45, 2.75) is 0 Å². The summed E-state index contributed by atoms with van der Waals surface area (Å²) < 4.78 is 0.136. The summed E-state index contributed by atoms with van der Waals surface area (Å²) in [6.07, 6.45) is 1.47. The van der Waals surface area contributed by atoms with Gasteiger partial charge in [-0.2, -0.15) is 0 Å². The standard InChI is InChI=1S/C5H8Cl2N2O/c6-4(7)1-2-9-5(10)3-8/h1H,2-3,8H2,(H,9,10). The van der Waals surface area contributed by atoms with Crippen molar-refractivity contribution >= 4 is 29.1 Å². The molecule has 0 aliphatic heterocycles. The second kappa shape index (κ2) is 5.53. The molecule has 58 valence electrons. The Kier molecular flexibility index (Phi) is 5.39. The Morgan fingerprint density at radius 2 is 2.20 bits per heavy atom. The number of hydrogen-bond donors (Lipinski definition) is 2. The molecular formula is C5H8Cl2N2O. The SMILES string of the molecule is NCC(=O)NCC=C(Cl)Cl. The van der Waals surface area contributed by atoms with E-state index in [9.17, 15) is 4.79 Å². The van der Waals surface area contributed by atoms with Gasteiger partial charge in [0.15, 0.2) is 0 Å². The highest BCUT2D eigenvalue weighted by Gasteiger charge is 1.92. The Hall–Kier alpha value is -0.250. The third kappa shape index (κ3) is 5.88. The lowest BCUT2D eigenvalue weighted by molar-refractivity contribution is -0.119. The molecule has 0 atom stereocenters. The quantitative estimate of drug-likeness (QED) is 0.664. The van der Waals surface area contributed by atoms with Crippen LogP contribution in [0.5, 0.6) is 0 Å². The minimum absolute atomic E-state index is 0.0201. The Labute approximate surface area is 69.2 Å². The van der Waals surface area contributed by atoms with Gasteiger partial charge in [-0.25, -0.2) is 0 Å². The summed E-state index contributed by atoms with van der Waals surface area (Å²) in [6, 6.07) is 0. The molecule has 3 N–H and O–H groups in total. The van der Waals surface area contributed by atoms with E-state index in [0.717, 1.165) is 0 Å². The third-order valence-corrected chi connectivity index (χ3v) is 1.05. The molecule has 0 aromatic heterocycles. The summed E-state index contributed by atoms with van der Waals surface area (Å²) in [5.74, 6) is -0.231. The van der Waals surface area contributed by atoms with Crippen LogP contribution in [0.15, 0.2) is 10.6 Å². The van der Waals surface area contributed by atoms with Crippen molar-refractivity contribution in [1.82, 2.24) is 5.32 Å². The molecule has 0 aromatic carbocycles. The van der Waals surface area contributed by atoms with Gasteiger partial charge in [0.2, 0.25) is 5.91 Å². The first kappa shape index (κ1) is 9.75. The summed E-state index contributed by atoms with van der Waals surface area (Å²) in [5.41, 5.74) is 4.99. The number of nitrogens with one attached hydrogen (secondary N) is 1. The van der Waals surface area contributed by atoms with Crippen LogP contribution in [-0.2, 0) is 4.79 Å². The maximum absolute atomic E-state index is 10.4. The smallest absolute Gasteiger partial charge is 0.233 e. The fourth-order valence-electron chi connectivity index (χ4n) is 0.314. The van der Waals surface area contributed by atoms with Crippen molar-refractivity contribution in [2.75, 3.05) is 13.1 Å². The lowest BCUT2D eigenvalue weighted by atomic mass is 10.5. The number of carbonyl (C=O) groups excluding carboxylic acids is 1. The molecule has 0 fully saturated rings. The molecule has 1 amide bonds. The van der Waals surface area contributed by atoms with E-state index in [-0.39, 0.29) is 16.9 Å². The molecule has 10 heavy (non-hydrogen) atoms. The Morgan fingerprint density at radius 3 is 2.60 bits per heavy atom. The highest BCUT2D eigenvalue weighted by atomic mass is 35.5. The van der Waals surface area contributed by atoms with E-state index < -0.39 is 0 Å². The van der Waals surface area contributed by atoms with Crippen molar-refractivity contribution in [3.05, 3.63) is 10.6 Å². The van der Waals surface area contributed by atoms with Gasteiger partial charge in [-0.05, 0) is 6.08 Å². The van der Waals surface area contributed by atoms with E-state index in [0.29, 0.717) is 6.54 Å². The van der Waals surface area contributed by atoms with Crippen LogP contribution in [-0.4, -0.2) is 19.0 Å². The van der Waals surface area contributed by atoms with Crippen LogP contribution in [0.4, 0.5) is 0 Å². The molecular weight excluding hydrogens is 175 g/mol. The average molecular weight is 183 g/mol.